The van der Waals surface area contributed by atoms with Gasteiger partial charge in [0, 0.05) is 11.6 Å². The van der Waals surface area contributed by atoms with Crippen molar-refractivity contribution in [1.82, 2.24) is 5.32 Å². The van der Waals surface area contributed by atoms with Gasteiger partial charge in [0.2, 0.25) is 5.91 Å². The van der Waals surface area contributed by atoms with Gasteiger partial charge in [-0.15, -0.1) is 0 Å². The van der Waals surface area contributed by atoms with Crippen molar-refractivity contribution < 1.29 is 35.9 Å². The maximum atomic E-state index is 15.4. The summed E-state index contributed by atoms with van der Waals surface area (Å²) >= 11 is 0. The number of alkyl halides is 2. The molecule has 7 nitrogen and oxygen atoms in total. The molecule has 0 saturated carbocycles. The van der Waals surface area contributed by atoms with E-state index in [9.17, 15) is 26.8 Å². The summed E-state index contributed by atoms with van der Waals surface area (Å²) in [5, 5.41) is 2.68. The summed E-state index contributed by atoms with van der Waals surface area (Å²) in [5.74, 6) is -2.48. The number of ether oxygens (including phenoxy) is 1. The van der Waals surface area contributed by atoms with Crippen molar-refractivity contribution >= 4 is 33.0 Å². The average Bonchev–Trinajstić information content (AvgIpc) is 3.11. The Morgan fingerprint density at radius 2 is 1.88 bits per heavy atom. The van der Waals surface area contributed by atoms with Crippen LogP contribution in [0.25, 0.3) is 0 Å². The third kappa shape index (κ3) is 4.24. The number of nitrogens with zero attached hydrogens (tertiary/aromatic N) is 1. The SMILES string of the molecule is CC1(C)C(=O)N(c2cccc(OC(F)F)c2)c2c(F)cc(C(=O)N[C@]3(C)CCS(=O)(=O)C3)cc21. The summed E-state index contributed by atoms with van der Waals surface area (Å²) in [7, 11) is -3.27. The van der Waals surface area contributed by atoms with E-state index in [-0.39, 0.29) is 46.2 Å². The number of sulfone groups is 1. The fourth-order valence-electron chi connectivity index (χ4n) is 4.43. The molecular formula is C23H23F3N2O5S. The molecule has 1 saturated heterocycles. The fourth-order valence-corrected chi connectivity index (χ4v) is 6.52. The zero-order chi connectivity index (χ0) is 25.1. The Morgan fingerprint density at radius 3 is 2.50 bits per heavy atom. The summed E-state index contributed by atoms with van der Waals surface area (Å²) in [6.45, 7) is 1.69. The molecule has 0 spiro atoms. The zero-order valence-corrected chi connectivity index (χ0v) is 19.5. The molecule has 1 atom stereocenters. The van der Waals surface area contributed by atoms with Gasteiger partial charge in [-0.3, -0.25) is 14.5 Å². The first-order chi connectivity index (χ1) is 15.7. The highest BCUT2D eigenvalue weighted by atomic mass is 32.2. The molecule has 182 valence electrons. The van der Waals surface area contributed by atoms with Crippen molar-refractivity contribution in [3.63, 3.8) is 0 Å². The Morgan fingerprint density at radius 1 is 1.18 bits per heavy atom. The molecule has 2 aliphatic heterocycles. The summed E-state index contributed by atoms with van der Waals surface area (Å²) < 4.78 is 68.7. The van der Waals surface area contributed by atoms with Gasteiger partial charge in [0.05, 0.1) is 33.8 Å². The van der Waals surface area contributed by atoms with Gasteiger partial charge < -0.3 is 10.1 Å². The van der Waals surface area contributed by atoms with Gasteiger partial charge in [-0.05, 0) is 57.0 Å². The standard InChI is InChI=1S/C23H23F3N2O5S/c1-22(2)16-9-13(19(29)27-23(3)7-8-34(31,32)12-23)10-17(24)18(16)28(20(22)30)14-5-4-6-15(11-14)33-21(25)26/h4-6,9-11,21H,7-8,12H2,1-3H3,(H,27,29)/t23-/m1/s1. The lowest BCUT2D eigenvalue weighted by Gasteiger charge is -2.24. The molecule has 2 amide bonds. The first-order valence-electron chi connectivity index (χ1n) is 10.5. The number of anilines is 2. The average molecular weight is 497 g/mol. The minimum absolute atomic E-state index is 0.0485. The van der Waals surface area contributed by atoms with E-state index in [2.05, 4.69) is 10.1 Å². The Hall–Kier alpha value is -3.08. The quantitative estimate of drug-likeness (QED) is 0.682. The van der Waals surface area contributed by atoms with Gasteiger partial charge in [-0.1, -0.05) is 6.07 Å². The van der Waals surface area contributed by atoms with Gasteiger partial charge in [0.15, 0.2) is 9.84 Å². The number of halogens is 3. The number of benzene rings is 2. The molecule has 2 aliphatic rings. The number of carbonyl (C=O) groups excluding carboxylic acids is 2. The van der Waals surface area contributed by atoms with Crippen LogP contribution in [-0.4, -0.2) is 43.9 Å². The molecular weight excluding hydrogens is 473 g/mol. The van der Waals surface area contributed by atoms with Crippen LogP contribution in [0.2, 0.25) is 0 Å². The highest BCUT2D eigenvalue weighted by Crippen LogP contribution is 2.47. The van der Waals surface area contributed by atoms with Gasteiger partial charge in [-0.25, -0.2) is 12.8 Å². The number of hydrogen-bond donors (Lipinski definition) is 1. The lowest BCUT2D eigenvalue weighted by Crippen LogP contribution is -2.47. The summed E-state index contributed by atoms with van der Waals surface area (Å²) in [6, 6.07) is 7.73. The predicted octanol–water partition coefficient (Wildman–Crippen LogP) is 3.69. The topological polar surface area (TPSA) is 92.8 Å². The highest BCUT2D eigenvalue weighted by Gasteiger charge is 2.47. The van der Waals surface area contributed by atoms with E-state index in [1.54, 1.807) is 20.8 Å². The van der Waals surface area contributed by atoms with Gasteiger partial charge >= 0.3 is 6.61 Å². The zero-order valence-electron chi connectivity index (χ0n) is 18.7. The maximum Gasteiger partial charge on any atom is 0.387 e. The van der Waals surface area contributed by atoms with Gasteiger partial charge in [-0.2, -0.15) is 8.78 Å². The van der Waals surface area contributed by atoms with E-state index in [0.717, 1.165) is 11.0 Å². The minimum Gasteiger partial charge on any atom is -0.435 e. The normalized spacial score (nSPS) is 22.7. The Kier molecular flexibility index (Phi) is 5.66. The molecule has 2 aromatic carbocycles. The molecule has 34 heavy (non-hydrogen) atoms. The van der Waals surface area contributed by atoms with E-state index < -0.39 is 45.0 Å². The maximum absolute atomic E-state index is 15.4. The molecule has 0 aromatic heterocycles. The third-order valence-corrected chi connectivity index (χ3v) is 8.08. The number of amides is 2. The van der Waals surface area contributed by atoms with Crippen molar-refractivity contribution in [2.24, 2.45) is 0 Å². The lowest BCUT2D eigenvalue weighted by molar-refractivity contribution is -0.121. The summed E-state index contributed by atoms with van der Waals surface area (Å²) in [4.78, 5) is 27.2. The predicted molar refractivity (Wildman–Crippen MR) is 119 cm³/mol. The monoisotopic (exact) mass is 496 g/mol. The molecule has 4 rings (SSSR count). The number of fused-ring (bicyclic) bond motifs is 1. The van der Waals surface area contributed by atoms with Crippen LogP contribution < -0.4 is 15.0 Å². The van der Waals surface area contributed by atoms with Crippen LogP contribution in [0, 0.1) is 5.82 Å². The molecule has 2 heterocycles. The fraction of sp³-hybridized carbons (Fsp3) is 0.391. The van der Waals surface area contributed by atoms with Crippen LogP contribution in [0.15, 0.2) is 36.4 Å². The second-order valence-electron chi connectivity index (χ2n) is 9.35. The van der Waals surface area contributed by atoms with Crippen LogP contribution in [0.4, 0.5) is 24.5 Å². The van der Waals surface area contributed by atoms with Crippen LogP contribution in [-0.2, 0) is 20.0 Å². The van der Waals surface area contributed by atoms with Crippen molar-refractivity contribution in [2.45, 2.75) is 44.8 Å². The van der Waals surface area contributed by atoms with Crippen molar-refractivity contribution in [1.29, 1.82) is 0 Å². The lowest BCUT2D eigenvalue weighted by atomic mass is 9.85. The minimum atomic E-state index is -3.27. The van der Waals surface area contributed by atoms with Crippen molar-refractivity contribution in [3.05, 3.63) is 53.3 Å². The number of hydrogen-bond acceptors (Lipinski definition) is 5. The number of carbonyl (C=O) groups is 2. The van der Waals surface area contributed by atoms with Crippen LogP contribution >= 0.6 is 0 Å². The van der Waals surface area contributed by atoms with E-state index in [4.69, 9.17) is 0 Å². The van der Waals surface area contributed by atoms with Crippen LogP contribution in [0.1, 0.15) is 43.1 Å². The molecule has 2 aromatic rings. The molecule has 0 radical (unpaired) electrons. The number of nitrogens with one attached hydrogen (secondary N) is 1. The Bertz CT molecular complexity index is 1300. The van der Waals surface area contributed by atoms with Gasteiger partial charge in [0.25, 0.3) is 5.91 Å². The highest BCUT2D eigenvalue weighted by molar-refractivity contribution is 7.91. The molecule has 0 unspecified atom stereocenters. The van der Waals surface area contributed by atoms with E-state index in [0.29, 0.717) is 0 Å². The first-order valence-corrected chi connectivity index (χ1v) is 12.3. The van der Waals surface area contributed by atoms with Crippen molar-refractivity contribution in [2.75, 3.05) is 16.4 Å². The van der Waals surface area contributed by atoms with Crippen LogP contribution in [0.5, 0.6) is 5.75 Å². The van der Waals surface area contributed by atoms with E-state index in [1.165, 1.54) is 30.3 Å². The summed E-state index contributed by atoms with van der Waals surface area (Å²) in [6.07, 6.45) is 0.239. The van der Waals surface area contributed by atoms with Gasteiger partial charge in [0.1, 0.15) is 11.6 Å². The second-order valence-corrected chi connectivity index (χ2v) is 11.5. The van der Waals surface area contributed by atoms with E-state index >= 15 is 4.39 Å². The van der Waals surface area contributed by atoms with Crippen LogP contribution in [0.3, 0.4) is 0 Å². The summed E-state index contributed by atoms with van der Waals surface area (Å²) in [5.41, 5.74) is -1.97. The van der Waals surface area contributed by atoms with Crippen molar-refractivity contribution in [3.8, 4) is 5.75 Å². The Labute approximate surface area is 194 Å². The smallest absolute Gasteiger partial charge is 0.387 e. The third-order valence-electron chi connectivity index (χ3n) is 6.18. The molecule has 1 fully saturated rings. The second kappa shape index (κ2) is 8.00. The molecule has 11 heteroatoms. The first kappa shape index (κ1) is 24.1. The molecule has 0 bridgehead atoms. The Balaban J connectivity index is 1.72. The molecule has 0 aliphatic carbocycles. The van der Waals surface area contributed by atoms with E-state index in [1.807, 2.05) is 0 Å². The number of rotatable bonds is 5. The largest absolute Gasteiger partial charge is 0.435 e. The molecule has 1 N–H and O–H groups in total.